The van der Waals surface area contributed by atoms with Crippen LogP contribution in [0, 0.1) is 20.2 Å². The van der Waals surface area contributed by atoms with Gasteiger partial charge in [-0.25, -0.2) is 0 Å². The van der Waals surface area contributed by atoms with Crippen LogP contribution in [0.15, 0.2) is 35.1 Å². The van der Waals surface area contributed by atoms with E-state index in [0.717, 1.165) is 10.5 Å². The molecular formula is C10H7BrN4O4. The van der Waals surface area contributed by atoms with E-state index in [9.17, 15) is 20.2 Å². The fraction of sp³-hybridized carbons (Fsp3) is 0.100. The molecule has 19 heavy (non-hydrogen) atoms. The van der Waals surface area contributed by atoms with Gasteiger partial charge in [-0.2, -0.15) is 5.10 Å². The Hall–Kier alpha value is -2.29. The number of nitro benzene ring substituents is 2. The normalized spacial score (nSPS) is 10.4. The molecule has 0 bridgehead atoms. The summed E-state index contributed by atoms with van der Waals surface area (Å²) in [6, 6.07) is 3.56. The van der Waals surface area contributed by atoms with E-state index in [-0.39, 0.29) is 17.9 Å². The first-order valence-electron chi connectivity index (χ1n) is 5.07. The van der Waals surface area contributed by atoms with Crippen LogP contribution in [0.2, 0.25) is 0 Å². The molecule has 0 aliphatic heterocycles. The smallest absolute Gasteiger partial charge is 0.267 e. The van der Waals surface area contributed by atoms with E-state index in [1.54, 1.807) is 12.4 Å². The first-order valence-corrected chi connectivity index (χ1v) is 5.86. The molecule has 0 radical (unpaired) electrons. The molecule has 8 nitrogen and oxygen atoms in total. The van der Waals surface area contributed by atoms with Gasteiger partial charge in [-0.15, -0.1) is 0 Å². The van der Waals surface area contributed by atoms with Crippen LogP contribution in [0.3, 0.4) is 0 Å². The summed E-state index contributed by atoms with van der Waals surface area (Å²) in [6.45, 7) is 0.167. The van der Waals surface area contributed by atoms with Gasteiger partial charge in [0.05, 0.1) is 38.7 Å². The summed E-state index contributed by atoms with van der Waals surface area (Å²) >= 11 is 3.22. The van der Waals surface area contributed by atoms with Crippen molar-refractivity contribution in [3.63, 3.8) is 0 Å². The van der Waals surface area contributed by atoms with Crippen molar-refractivity contribution < 1.29 is 9.85 Å². The Morgan fingerprint density at radius 1 is 1.26 bits per heavy atom. The number of nitro groups is 2. The van der Waals surface area contributed by atoms with Crippen molar-refractivity contribution in [3.8, 4) is 0 Å². The second-order valence-corrected chi connectivity index (χ2v) is 4.60. The summed E-state index contributed by atoms with van der Waals surface area (Å²) in [5.74, 6) is 0. The highest BCUT2D eigenvalue weighted by atomic mass is 79.9. The van der Waals surface area contributed by atoms with Gasteiger partial charge in [-0.05, 0) is 22.0 Å². The van der Waals surface area contributed by atoms with Gasteiger partial charge < -0.3 is 0 Å². The first-order chi connectivity index (χ1) is 8.97. The van der Waals surface area contributed by atoms with Gasteiger partial charge >= 0.3 is 0 Å². The highest BCUT2D eigenvalue weighted by molar-refractivity contribution is 9.10. The summed E-state index contributed by atoms with van der Waals surface area (Å²) in [7, 11) is 0. The van der Waals surface area contributed by atoms with Crippen molar-refractivity contribution in [2.45, 2.75) is 6.54 Å². The summed E-state index contributed by atoms with van der Waals surface area (Å²) in [5.41, 5.74) is -0.246. The number of benzene rings is 1. The van der Waals surface area contributed by atoms with Crippen LogP contribution in [0.25, 0.3) is 0 Å². The molecule has 0 fully saturated rings. The van der Waals surface area contributed by atoms with E-state index < -0.39 is 9.85 Å². The number of hydrogen-bond donors (Lipinski definition) is 0. The molecule has 0 saturated carbocycles. The van der Waals surface area contributed by atoms with Crippen LogP contribution in [-0.4, -0.2) is 19.6 Å². The van der Waals surface area contributed by atoms with Gasteiger partial charge in [0.1, 0.15) is 0 Å². The van der Waals surface area contributed by atoms with Crippen LogP contribution in [0.5, 0.6) is 0 Å². The molecule has 0 spiro atoms. The maximum absolute atomic E-state index is 10.9. The van der Waals surface area contributed by atoms with E-state index in [4.69, 9.17) is 0 Å². The lowest BCUT2D eigenvalue weighted by Gasteiger charge is -2.03. The van der Waals surface area contributed by atoms with Crippen molar-refractivity contribution in [1.29, 1.82) is 0 Å². The predicted octanol–water partition coefficient (Wildman–Crippen LogP) is 2.51. The van der Waals surface area contributed by atoms with Crippen molar-refractivity contribution in [2.24, 2.45) is 0 Å². The number of aromatic nitrogens is 2. The second-order valence-electron chi connectivity index (χ2n) is 3.68. The molecule has 0 aliphatic rings. The topological polar surface area (TPSA) is 104 Å². The van der Waals surface area contributed by atoms with Gasteiger partial charge in [0.15, 0.2) is 0 Å². The van der Waals surface area contributed by atoms with E-state index in [1.165, 1.54) is 16.8 Å². The van der Waals surface area contributed by atoms with Gasteiger partial charge in [0, 0.05) is 12.3 Å². The molecular weight excluding hydrogens is 320 g/mol. The Kier molecular flexibility index (Phi) is 3.56. The lowest BCUT2D eigenvalue weighted by Crippen LogP contribution is -2.04. The van der Waals surface area contributed by atoms with Crippen molar-refractivity contribution in [1.82, 2.24) is 9.78 Å². The summed E-state index contributed by atoms with van der Waals surface area (Å²) in [4.78, 5) is 20.2. The molecule has 0 amide bonds. The van der Waals surface area contributed by atoms with Crippen molar-refractivity contribution >= 4 is 27.3 Å². The molecule has 0 unspecified atom stereocenters. The first kappa shape index (κ1) is 13.1. The number of nitrogens with zero attached hydrogens (tertiary/aromatic N) is 4. The highest BCUT2D eigenvalue weighted by Crippen LogP contribution is 2.25. The average molecular weight is 327 g/mol. The fourth-order valence-electron chi connectivity index (χ4n) is 1.57. The van der Waals surface area contributed by atoms with Gasteiger partial charge in [0.25, 0.3) is 11.4 Å². The van der Waals surface area contributed by atoms with E-state index in [1.807, 2.05) is 0 Å². The third-order valence-electron chi connectivity index (χ3n) is 2.41. The summed E-state index contributed by atoms with van der Waals surface area (Å²) < 4.78 is 2.25. The zero-order valence-corrected chi connectivity index (χ0v) is 11.0. The molecule has 0 saturated heterocycles. The number of halogens is 1. The minimum Gasteiger partial charge on any atom is -0.267 e. The number of non-ortho nitro benzene ring substituents is 1. The van der Waals surface area contributed by atoms with Gasteiger partial charge in [-0.3, -0.25) is 24.9 Å². The van der Waals surface area contributed by atoms with E-state index in [2.05, 4.69) is 21.0 Å². The van der Waals surface area contributed by atoms with Gasteiger partial charge in [-0.1, -0.05) is 0 Å². The highest BCUT2D eigenvalue weighted by Gasteiger charge is 2.19. The molecule has 1 heterocycles. The Morgan fingerprint density at radius 2 is 2.00 bits per heavy atom. The number of hydrogen-bond acceptors (Lipinski definition) is 5. The molecule has 2 aromatic rings. The lowest BCUT2D eigenvalue weighted by molar-refractivity contribution is -0.394. The quantitative estimate of drug-likeness (QED) is 0.634. The van der Waals surface area contributed by atoms with Crippen molar-refractivity contribution in [3.05, 3.63) is 60.9 Å². The largest absolute Gasteiger partial charge is 0.281 e. The lowest BCUT2D eigenvalue weighted by atomic mass is 10.1. The molecule has 98 valence electrons. The second kappa shape index (κ2) is 5.14. The monoisotopic (exact) mass is 326 g/mol. The Labute approximate surface area is 115 Å². The minimum absolute atomic E-state index is 0.167. The molecule has 2 rings (SSSR count). The summed E-state index contributed by atoms with van der Waals surface area (Å²) in [6.07, 6.45) is 3.21. The maximum atomic E-state index is 10.9. The Morgan fingerprint density at radius 3 is 2.53 bits per heavy atom. The van der Waals surface area contributed by atoms with Crippen LogP contribution in [-0.2, 0) is 6.54 Å². The van der Waals surface area contributed by atoms with E-state index >= 15 is 0 Å². The Balaban J connectivity index is 2.39. The van der Waals surface area contributed by atoms with Crippen LogP contribution < -0.4 is 0 Å². The van der Waals surface area contributed by atoms with Gasteiger partial charge in [0.2, 0.25) is 0 Å². The Bertz CT molecular complexity index is 655. The third kappa shape index (κ3) is 2.94. The average Bonchev–Trinajstić information content (AvgIpc) is 2.74. The molecule has 1 aromatic heterocycles. The zero-order chi connectivity index (χ0) is 14.0. The van der Waals surface area contributed by atoms with Crippen LogP contribution in [0.4, 0.5) is 11.4 Å². The summed E-state index contributed by atoms with van der Waals surface area (Å²) in [5, 5.41) is 25.5. The molecule has 0 atom stereocenters. The van der Waals surface area contributed by atoms with E-state index in [0.29, 0.717) is 5.56 Å². The molecule has 0 N–H and O–H groups in total. The zero-order valence-electron chi connectivity index (χ0n) is 9.39. The molecule has 1 aromatic carbocycles. The maximum Gasteiger partial charge on any atom is 0.281 e. The third-order valence-corrected chi connectivity index (χ3v) is 2.82. The predicted molar refractivity (Wildman–Crippen MR) is 68.8 cm³/mol. The standard InChI is InChI=1S/C10H7BrN4O4/c11-8-4-12-13(6-8)5-7-1-2-9(14(16)17)3-10(7)15(18)19/h1-4,6H,5H2. The SMILES string of the molecule is O=[N+]([O-])c1ccc(Cn2cc(Br)cn2)c([N+](=O)[O-])c1. The van der Waals surface area contributed by atoms with Crippen molar-refractivity contribution in [2.75, 3.05) is 0 Å². The fourth-order valence-corrected chi connectivity index (χ4v) is 1.90. The van der Waals surface area contributed by atoms with Crippen LogP contribution >= 0.6 is 15.9 Å². The minimum atomic E-state index is -0.665. The molecule has 0 aliphatic carbocycles. The van der Waals surface area contributed by atoms with Crippen LogP contribution in [0.1, 0.15) is 5.56 Å². The number of rotatable bonds is 4. The molecule has 9 heteroatoms.